The number of hydrogen-bond donors (Lipinski definition) is 1. The molecule has 0 radical (unpaired) electrons. The van der Waals surface area contributed by atoms with Gasteiger partial charge in [-0.15, -0.1) is 11.3 Å². The minimum atomic E-state index is -3.78. The summed E-state index contributed by atoms with van der Waals surface area (Å²) in [6.07, 6.45) is 0.367. The van der Waals surface area contributed by atoms with E-state index in [0.29, 0.717) is 18.2 Å². The Labute approximate surface area is 228 Å². The van der Waals surface area contributed by atoms with Crippen LogP contribution in [0.2, 0.25) is 0 Å². The maximum Gasteiger partial charge on any atom is 0.308 e. The highest BCUT2D eigenvalue weighted by Gasteiger charge is 2.38. The van der Waals surface area contributed by atoms with Gasteiger partial charge in [-0.25, -0.2) is 8.42 Å². The van der Waals surface area contributed by atoms with Crippen LogP contribution in [-0.2, 0) is 30.8 Å². The van der Waals surface area contributed by atoms with Gasteiger partial charge in [0.05, 0.1) is 12.5 Å². The lowest BCUT2D eigenvalue weighted by Gasteiger charge is -2.35. The molecule has 0 aliphatic carbocycles. The summed E-state index contributed by atoms with van der Waals surface area (Å²) in [4.78, 5) is 27.5. The highest BCUT2D eigenvalue weighted by Crippen LogP contribution is 2.37. The van der Waals surface area contributed by atoms with Gasteiger partial charge < -0.3 is 15.0 Å². The average Bonchev–Trinajstić information content (AvgIpc) is 3.45. The summed E-state index contributed by atoms with van der Waals surface area (Å²) < 4.78 is 33.6. The molecule has 0 saturated heterocycles. The van der Waals surface area contributed by atoms with Crippen LogP contribution in [0.3, 0.4) is 0 Å². The number of carbonyl (C=O) groups is 2. The molecule has 1 aromatic heterocycles. The van der Waals surface area contributed by atoms with Crippen molar-refractivity contribution in [2.24, 2.45) is 0 Å². The van der Waals surface area contributed by atoms with Gasteiger partial charge in [0.1, 0.15) is 4.21 Å². The predicted molar refractivity (Wildman–Crippen MR) is 150 cm³/mol. The summed E-state index contributed by atoms with van der Waals surface area (Å²) in [6, 6.07) is 17.9. The van der Waals surface area contributed by atoms with Crippen LogP contribution in [0.1, 0.15) is 44.4 Å². The molecule has 0 spiro atoms. The Hall–Kier alpha value is -3.21. The molecule has 1 atom stereocenters. The Balaban J connectivity index is 1.40. The number of hydrogen-bond acceptors (Lipinski definition) is 7. The third-order valence-electron chi connectivity index (χ3n) is 6.59. The molecule has 4 rings (SSSR count). The summed E-state index contributed by atoms with van der Waals surface area (Å²) in [5, 5.41) is 4.45. The number of nitrogens with zero attached hydrogens (tertiary/aromatic N) is 2. The summed E-state index contributed by atoms with van der Waals surface area (Å²) in [5.74, 6) is -1.10. The van der Waals surface area contributed by atoms with E-state index in [1.807, 2.05) is 48.5 Å². The number of esters is 1. The van der Waals surface area contributed by atoms with Crippen LogP contribution >= 0.6 is 11.3 Å². The number of sulfonamides is 1. The topological polar surface area (TPSA) is 96.0 Å². The molecule has 3 aromatic rings. The highest BCUT2D eigenvalue weighted by atomic mass is 32.2. The number of benzene rings is 2. The molecule has 1 unspecified atom stereocenters. The van der Waals surface area contributed by atoms with Crippen LogP contribution in [0, 0.1) is 0 Å². The van der Waals surface area contributed by atoms with Gasteiger partial charge in [-0.05, 0) is 74.0 Å². The molecule has 0 fully saturated rings. The van der Waals surface area contributed by atoms with Gasteiger partial charge in [-0.1, -0.05) is 30.3 Å². The number of amides is 1. The van der Waals surface area contributed by atoms with E-state index in [4.69, 9.17) is 4.74 Å². The van der Waals surface area contributed by atoms with Crippen molar-refractivity contribution in [3.8, 4) is 0 Å². The summed E-state index contributed by atoms with van der Waals surface area (Å²) in [5.41, 5.74) is 3.44. The van der Waals surface area contributed by atoms with Crippen LogP contribution in [0.15, 0.2) is 70.3 Å². The van der Waals surface area contributed by atoms with E-state index in [-0.39, 0.29) is 17.2 Å². The van der Waals surface area contributed by atoms with E-state index in [1.54, 1.807) is 17.5 Å². The fraction of sp³-hybridized carbons (Fsp3) is 0.357. The first-order valence-electron chi connectivity index (χ1n) is 12.7. The Morgan fingerprint density at radius 2 is 1.84 bits per heavy atom. The number of rotatable bonds is 10. The fourth-order valence-electron chi connectivity index (χ4n) is 4.80. The molecule has 0 saturated carbocycles. The first kappa shape index (κ1) is 27.8. The maximum atomic E-state index is 13.4. The number of nitrogens with one attached hydrogen (secondary N) is 1. The Morgan fingerprint density at radius 1 is 1.11 bits per heavy atom. The number of carbonyl (C=O) groups excluding carboxylic acids is 2. The second-order valence-corrected chi connectivity index (χ2v) is 12.4. The summed E-state index contributed by atoms with van der Waals surface area (Å²) in [7, 11) is -3.78. The third-order valence-corrected chi connectivity index (χ3v) is 9.87. The Bertz CT molecular complexity index is 1360. The van der Waals surface area contributed by atoms with Gasteiger partial charge in [0.2, 0.25) is 0 Å². The molecule has 1 aliphatic heterocycles. The lowest BCUT2D eigenvalue weighted by Crippen LogP contribution is -2.41. The predicted octanol–water partition coefficient (Wildman–Crippen LogP) is 4.84. The molecule has 10 heteroatoms. The van der Waals surface area contributed by atoms with E-state index >= 15 is 0 Å². The Kier molecular flexibility index (Phi) is 8.86. The van der Waals surface area contributed by atoms with Crippen molar-refractivity contribution in [2.75, 3.05) is 29.9 Å². The standard InChI is InChI=1S/C28H33N3O5S2/c1-4-30(20(2)3)23-13-11-22(12-14-23)29-26(32)19-36-27(33)18-25-24-9-6-5-8-21(24)15-16-31(25)38(34,35)28-10-7-17-37-28/h5-14,17,20,25H,4,15-16,18-19H2,1-3H3,(H,29,32). The second-order valence-electron chi connectivity index (χ2n) is 9.35. The maximum absolute atomic E-state index is 13.4. The zero-order valence-electron chi connectivity index (χ0n) is 21.8. The quantitative estimate of drug-likeness (QED) is 0.360. The van der Waals surface area contributed by atoms with Crippen LogP contribution in [0.4, 0.5) is 11.4 Å². The van der Waals surface area contributed by atoms with Crippen LogP contribution in [0.25, 0.3) is 0 Å². The zero-order chi connectivity index (χ0) is 27.3. The lowest BCUT2D eigenvalue weighted by atomic mass is 9.92. The SMILES string of the molecule is CCN(c1ccc(NC(=O)COC(=O)CC2c3ccccc3CCN2S(=O)(=O)c2cccs2)cc1)C(C)C. The van der Waals surface area contributed by atoms with Gasteiger partial charge in [0.15, 0.2) is 6.61 Å². The first-order chi connectivity index (χ1) is 18.2. The zero-order valence-corrected chi connectivity index (χ0v) is 23.4. The third kappa shape index (κ3) is 6.25. The van der Waals surface area contributed by atoms with E-state index in [2.05, 4.69) is 31.0 Å². The molecule has 202 valence electrons. The van der Waals surface area contributed by atoms with Crippen molar-refractivity contribution >= 4 is 44.6 Å². The van der Waals surface area contributed by atoms with Gasteiger partial charge in [-0.3, -0.25) is 9.59 Å². The minimum absolute atomic E-state index is 0.189. The normalized spacial score (nSPS) is 15.6. The van der Waals surface area contributed by atoms with Crippen molar-refractivity contribution in [1.82, 2.24) is 4.31 Å². The van der Waals surface area contributed by atoms with Crippen LogP contribution in [-0.4, -0.2) is 50.3 Å². The smallest absolute Gasteiger partial charge is 0.308 e. The molecule has 1 N–H and O–H groups in total. The minimum Gasteiger partial charge on any atom is -0.456 e. The second kappa shape index (κ2) is 12.1. The molecule has 38 heavy (non-hydrogen) atoms. The molecule has 1 aliphatic rings. The molecule has 2 heterocycles. The molecule has 1 amide bonds. The highest BCUT2D eigenvalue weighted by molar-refractivity contribution is 7.91. The largest absolute Gasteiger partial charge is 0.456 e. The number of thiophene rings is 1. The van der Waals surface area contributed by atoms with Crippen molar-refractivity contribution in [1.29, 1.82) is 0 Å². The molecule has 2 aromatic carbocycles. The van der Waals surface area contributed by atoms with Crippen LogP contribution < -0.4 is 10.2 Å². The number of fused-ring (bicyclic) bond motifs is 1. The van der Waals surface area contributed by atoms with E-state index < -0.39 is 34.5 Å². The Morgan fingerprint density at radius 3 is 2.50 bits per heavy atom. The van der Waals surface area contributed by atoms with Gasteiger partial charge >= 0.3 is 5.97 Å². The van der Waals surface area contributed by atoms with Gasteiger partial charge in [-0.2, -0.15) is 4.31 Å². The fourth-order valence-corrected chi connectivity index (χ4v) is 7.52. The number of ether oxygens (including phenoxy) is 1. The van der Waals surface area contributed by atoms with Crippen molar-refractivity contribution in [2.45, 2.75) is 49.9 Å². The monoisotopic (exact) mass is 555 g/mol. The van der Waals surface area contributed by atoms with Crippen molar-refractivity contribution in [3.05, 3.63) is 77.2 Å². The summed E-state index contributed by atoms with van der Waals surface area (Å²) in [6.45, 7) is 7.01. The molecule has 0 bridgehead atoms. The van der Waals surface area contributed by atoms with E-state index in [0.717, 1.165) is 34.7 Å². The average molecular weight is 556 g/mol. The molecule has 8 nitrogen and oxygen atoms in total. The van der Waals surface area contributed by atoms with Gasteiger partial charge in [0, 0.05) is 30.5 Å². The first-order valence-corrected chi connectivity index (χ1v) is 15.0. The number of anilines is 2. The molecular weight excluding hydrogens is 522 g/mol. The summed E-state index contributed by atoms with van der Waals surface area (Å²) >= 11 is 1.14. The van der Waals surface area contributed by atoms with E-state index in [1.165, 1.54) is 4.31 Å². The van der Waals surface area contributed by atoms with Gasteiger partial charge in [0.25, 0.3) is 15.9 Å². The van der Waals surface area contributed by atoms with Crippen molar-refractivity contribution < 1.29 is 22.7 Å². The lowest BCUT2D eigenvalue weighted by molar-refractivity contribution is -0.148. The van der Waals surface area contributed by atoms with Crippen LogP contribution in [0.5, 0.6) is 0 Å². The molecular formula is C28H33N3O5S2. The van der Waals surface area contributed by atoms with Crippen molar-refractivity contribution in [3.63, 3.8) is 0 Å². The van der Waals surface area contributed by atoms with E-state index in [9.17, 15) is 18.0 Å².